The second kappa shape index (κ2) is 5.19. The van der Waals surface area contributed by atoms with Crippen LogP contribution in [0.2, 0.25) is 0 Å². The highest BCUT2D eigenvalue weighted by Gasteiger charge is 2.22. The lowest BCUT2D eigenvalue weighted by atomic mass is 10.2. The van der Waals surface area contributed by atoms with Gasteiger partial charge in [0.15, 0.2) is 0 Å². The summed E-state index contributed by atoms with van der Waals surface area (Å²) >= 11 is 0. The minimum atomic E-state index is -2.62. The van der Waals surface area contributed by atoms with Crippen molar-refractivity contribution in [3.63, 3.8) is 0 Å². The molecular weight excluding hydrogens is 200 g/mol. The van der Waals surface area contributed by atoms with Gasteiger partial charge in [-0.05, 0) is 13.8 Å². The van der Waals surface area contributed by atoms with Gasteiger partial charge in [0, 0.05) is 38.7 Å². The summed E-state index contributed by atoms with van der Waals surface area (Å²) in [7, 11) is 0. The van der Waals surface area contributed by atoms with E-state index in [-0.39, 0.29) is 6.42 Å². The van der Waals surface area contributed by atoms with Crippen LogP contribution < -0.4 is 0 Å². The van der Waals surface area contributed by atoms with Crippen molar-refractivity contribution in [2.75, 3.05) is 19.6 Å². The number of nitrogens with zero attached hydrogens (tertiary/aromatic N) is 3. The van der Waals surface area contributed by atoms with Crippen molar-refractivity contribution in [2.45, 2.75) is 32.6 Å². The number of hydrogen-bond donors (Lipinski definition) is 0. The molecule has 1 aliphatic heterocycles. The van der Waals surface area contributed by atoms with E-state index in [2.05, 4.69) is 9.98 Å². The van der Waals surface area contributed by atoms with Gasteiger partial charge in [0.1, 0.15) is 0 Å². The maximum Gasteiger partial charge on any atom is 0.247 e. The first-order chi connectivity index (χ1) is 7.03. The van der Waals surface area contributed by atoms with Crippen LogP contribution in [0.5, 0.6) is 0 Å². The van der Waals surface area contributed by atoms with Gasteiger partial charge in [-0.25, -0.2) is 13.8 Å². The van der Waals surface area contributed by atoms with Crippen LogP contribution in [0.4, 0.5) is 8.78 Å². The topological polar surface area (TPSA) is 28.0 Å². The normalized spacial score (nSPS) is 16.4. The van der Waals surface area contributed by atoms with E-state index in [0.717, 1.165) is 13.3 Å². The second-order valence-electron chi connectivity index (χ2n) is 3.68. The average molecular weight is 217 g/mol. The number of guanidine groups is 1. The molecule has 0 radical (unpaired) electrons. The zero-order valence-corrected chi connectivity index (χ0v) is 9.21. The van der Waals surface area contributed by atoms with Gasteiger partial charge in [-0.3, -0.25) is 4.99 Å². The van der Waals surface area contributed by atoms with Crippen molar-refractivity contribution in [1.82, 2.24) is 4.90 Å². The van der Waals surface area contributed by atoms with Crippen LogP contribution >= 0.6 is 0 Å². The molecule has 1 aliphatic rings. The molecule has 0 N–H and O–H groups in total. The van der Waals surface area contributed by atoms with Crippen LogP contribution in [0.15, 0.2) is 9.98 Å². The van der Waals surface area contributed by atoms with Crippen molar-refractivity contribution < 1.29 is 8.78 Å². The molecule has 0 aromatic rings. The Hall–Kier alpha value is -1.00. The Bertz CT molecular complexity index is 256. The second-order valence-corrected chi connectivity index (χ2v) is 3.68. The third-order valence-corrected chi connectivity index (χ3v) is 2.20. The summed E-state index contributed by atoms with van der Waals surface area (Å²) < 4.78 is 25.4. The zero-order valence-electron chi connectivity index (χ0n) is 9.21. The Morgan fingerprint density at radius 3 is 2.73 bits per heavy atom. The molecule has 0 fully saturated rings. The van der Waals surface area contributed by atoms with Crippen LogP contribution in [0.1, 0.15) is 26.7 Å². The Kier molecular flexibility index (Phi) is 4.17. The van der Waals surface area contributed by atoms with Crippen LogP contribution in [0, 0.1) is 0 Å². The maximum atomic E-state index is 12.7. The first kappa shape index (κ1) is 12.1. The first-order valence-corrected chi connectivity index (χ1v) is 5.22. The molecule has 0 amide bonds. The van der Waals surface area contributed by atoms with E-state index in [1.165, 1.54) is 0 Å². The summed E-state index contributed by atoms with van der Waals surface area (Å²) in [4.78, 5) is 10.1. The molecule has 5 heteroatoms. The molecule has 15 heavy (non-hydrogen) atoms. The number of alkyl halides is 2. The van der Waals surface area contributed by atoms with E-state index in [4.69, 9.17) is 0 Å². The minimum absolute atomic E-state index is 0.157. The van der Waals surface area contributed by atoms with E-state index in [1.807, 2.05) is 6.92 Å². The largest absolute Gasteiger partial charge is 0.341 e. The highest BCUT2D eigenvalue weighted by Crippen LogP contribution is 2.17. The van der Waals surface area contributed by atoms with Gasteiger partial charge in [-0.15, -0.1) is 0 Å². The van der Waals surface area contributed by atoms with Crippen LogP contribution in [-0.4, -0.2) is 42.6 Å². The fourth-order valence-corrected chi connectivity index (χ4v) is 1.32. The predicted molar refractivity (Wildman–Crippen MR) is 57.9 cm³/mol. The minimum Gasteiger partial charge on any atom is -0.341 e. The highest BCUT2D eigenvalue weighted by atomic mass is 19.3. The number of halogens is 2. The van der Waals surface area contributed by atoms with Crippen molar-refractivity contribution >= 4 is 12.2 Å². The molecule has 3 nitrogen and oxygen atoms in total. The average Bonchev–Trinajstić information content (AvgIpc) is 2.19. The lowest BCUT2D eigenvalue weighted by molar-refractivity contribution is 0.00824. The fourth-order valence-electron chi connectivity index (χ4n) is 1.32. The summed E-state index contributed by atoms with van der Waals surface area (Å²) in [5, 5.41) is 0. The van der Waals surface area contributed by atoms with E-state index in [1.54, 1.807) is 11.1 Å². The molecule has 0 spiro atoms. The van der Waals surface area contributed by atoms with Crippen molar-refractivity contribution in [3.8, 4) is 0 Å². The standard InChI is InChI=1S/C10H17F2N3/c1-3-15(8-5-10(2,11)12)9-13-6-4-7-14-9/h6H,3-5,7-8H2,1-2H3. The number of rotatable bonds is 4. The number of hydrogen-bond acceptors (Lipinski definition) is 3. The summed E-state index contributed by atoms with van der Waals surface area (Å²) in [5.74, 6) is -2.03. The van der Waals surface area contributed by atoms with Gasteiger partial charge in [-0.1, -0.05) is 0 Å². The lowest BCUT2D eigenvalue weighted by Crippen LogP contribution is -2.34. The first-order valence-electron chi connectivity index (χ1n) is 5.22. The molecule has 0 atom stereocenters. The van der Waals surface area contributed by atoms with Gasteiger partial charge in [-0.2, -0.15) is 0 Å². The van der Waals surface area contributed by atoms with E-state index >= 15 is 0 Å². The molecular formula is C10H17F2N3. The van der Waals surface area contributed by atoms with Crippen LogP contribution in [0.25, 0.3) is 0 Å². The van der Waals surface area contributed by atoms with Gasteiger partial charge in [0.25, 0.3) is 0 Å². The van der Waals surface area contributed by atoms with Gasteiger partial charge < -0.3 is 4.90 Å². The third kappa shape index (κ3) is 4.36. The molecule has 1 heterocycles. The molecule has 0 aromatic carbocycles. The Labute approximate surface area is 88.9 Å². The lowest BCUT2D eigenvalue weighted by Gasteiger charge is -2.24. The van der Waals surface area contributed by atoms with Crippen LogP contribution in [-0.2, 0) is 0 Å². The molecule has 86 valence electrons. The molecule has 1 rings (SSSR count). The van der Waals surface area contributed by atoms with Gasteiger partial charge in [0.2, 0.25) is 11.9 Å². The summed E-state index contributed by atoms with van der Waals surface area (Å²) in [6, 6.07) is 0. The Balaban J connectivity index is 2.49. The third-order valence-electron chi connectivity index (χ3n) is 2.20. The summed E-state index contributed by atoms with van der Waals surface area (Å²) in [6.45, 7) is 4.52. The molecule has 0 aliphatic carbocycles. The fraction of sp³-hybridized carbons (Fsp3) is 0.800. The molecule has 0 saturated carbocycles. The molecule has 0 saturated heterocycles. The summed E-state index contributed by atoms with van der Waals surface area (Å²) in [6.07, 6.45) is 2.47. The number of aliphatic imine (C=N–C) groups is 2. The van der Waals surface area contributed by atoms with E-state index < -0.39 is 5.92 Å². The van der Waals surface area contributed by atoms with Crippen molar-refractivity contribution in [1.29, 1.82) is 0 Å². The SMILES string of the molecule is CCN(CCC(C)(F)F)C1=NCCC=N1. The van der Waals surface area contributed by atoms with Gasteiger partial charge >= 0.3 is 0 Å². The monoisotopic (exact) mass is 217 g/mol. The highest BCUT2D eigenvalue weighted by molar-refractivity contribution is 5.89. The Morgan fingerprint density at radius 1 is 1.53 bits per heavy atom. The van der Waals surface area contributed by atoms with Crippen molar-refractivity contribution in [2.24, 2.45) is 9.98 Å². The summed E-state index contributed by atoms with van der Waals surface area (Å²) in [5.41, 5.74) is 0. The van der Waals surface area contributed by atoms with Crippen molar-refractivity contribution in [3.05, 3.63) is 0 Å². The predicted octanol–water partition coefficient (Wildman–Crippen LogP) is 2.18. The van der Waals surface area contributed by atoms with E-state index in [9.17, 15) is 8.78 Å². The quantitative estimate of drug-likeness (QED) is 0.709. The molecule has 0 unspecified atom stereocenters. The van der Waals surface area contributed by atoms with Crippen LogP contribution in [0.3, 0.4) is 0 Å². The maximum absolute atomic E-state index is 12.7. The van der Waals surface area contributed by atoms with E-state index in [0.29, 0.717) is 25.6 Å². The smallest absolute Gasteiger partial charge is 0.247 e. The Morgan fingerprint density at radius 2 is 2.27 bits per heavy atom. The zero-order chi connectivity index (χ0) is 11.3. The van der Waals surface area contributed by atoms with Gasteiger partial charge in [0.05, 0.1) is 0 Å². The molecule has 0 bridgehead atoms. The molecule has 0 aromatic heterocycles.